The SMILES string of the molecule is COc1ccccc1NC(=S)NNC(=O)CSc1ccccc1[N+](=O)[O-]. The van der Waals surface area contributed by atoms with Crippen LogP contribution in [-0.4, -0.2) is 28.8 Å². The Bertz CT molecular complexity index is 816. The van der Waals surface area contributed by atoms with Gasteiger partial charge in [-0.15, -0.1) is 11.8 Å². The van der Waals surface area contributed by atoms with Gasteiger partial charge < -0.3 is 10.1 Å². The van der Waals surface area contributed by atoms with Gasteiger partial charge in [0, 0.05) is 6.07 Å². The Labute approximate surface area is 159 Å². The van der Waals surface area contributed by atoms with Crippen molar-refractivity contribution in [3.8, 4) is 5.75 Å². The van der Waals surface area contributed by atoms with Crippen LogP contribution in [0.5, 0.6) is 5.75 Å². The number of hydrogen-bond acceptors (Lipinski definition) is 6. The molecular weight excluding hydrogens is 376 g/mol. The van der Waals surface area contributed by atoms with Crippen molar-refractivity contribution in [3.63, 3.8) is 0 Å². The van der Waals surface area contributed by atoms with E-state index in [9.17, 15) is 14.9 Å². The maximum Gasteiger partial charge on any atom is 0.282 e. The molecule has 0 radical (unpaired) electrons. The Hall–Kier alpha value is -2.85. The summed E-state index contributed by atoms with van der Waals surface area (Å²) in [6.07, 6.45) is 0. The summed E-state index contributed by atoms with van der Waals surface area (Å²) in [5.41, 5.74) is 5.62. The number of carbonyl (C=O) groups is 1. The van der Waals surface area contributed by atoms with Crippen molar-refractivity contribution in [2.75, 3.05) is 18.2 Å². The number of ether oxygens (including phenoxy) is 1. The van der Waals surface area contributed by atoms with Crippen molar-refractivity contribution >= 4 is 46.4 Å². The van der Waals surface area contributed by atoms with Crippen LogP contribution >= 0.6 is 24.0 Å². The van der Waals surface area contributed by atoms with Crippen LogP contribution in [0.15, 0.2) is 53.4 Å². The number of amides is 1. The van der Waals surface area contributed by atoms with E-state index in [0.717, 1.165) is 11.8 Å². The molecule has 10 heteroatoms. The van der Waals surface area contributed by atoms with Crippen LogP contribution in [0.3, 0.4) is 0 Å². The van der Waals surface area contributed by atoms with Gasteiger partial charge in [-0.2, -0.15) is 0 Å². The van der Waals surface area contributed by atoms with E-state index < -0.39 is 4.92 Å². The lowest BCUT2D eigenvalue weighted by Crippen LogP contribution is -2.44. The van der Waals surface area contributed by atoms with E-state index in [2.05, 4.69) is 16.2 Å². The molecule has 2 rings (SSSR count). The quantitative estimate of drug-likeness (QED) is 0.298. The fourth-order valence-corrected chi connectivity index (χ4v) is 2.92. The zero-order valence-corrected chi connectivity index (χ0v) is 15.4. The lowest BCUT2D eigenvalue weighted by molar-refractivity contribution is -0.387. The number of nitro groups is 1. The standard InChI is InChI=1S/C16H16N4O4S2/c1-24-13-8-4-2-6-11(13)17-16(25)19-18-15(21)10-26-14-9-5-3-7-12(14)20(22)23/h2-9H,10H2,1H3,(H,18,21)(H2,17,19,25). The molecule has 0 unspecified atom stereocenters. The fraction of sp³-hybridized carbons (Fsp3) is 0.125. The predicted octanol–water partition coefficient (Wildman–Crippen LogP) is 2.71. The molecule has 2 aromatic rings. The second-order valence-electron chi connectivity index (χ2n) is 4.84. The average molecular weight is 392 g/mol. The van der Waals surface area contributed by atoms with Crippen LogP contribution in [0.25, 0.3) is 0 Å². The highest BCUT2D eigenvalue weighted by atomic mass is 32.2. The zero-order chi connectivity index (χ0) is 18.9. The molecule has 0 aliphatic heterocycles. The minimum atomic E-state index is -0.481. The molecule has 0 saturated heterocycles. The number of methoxy groups -OCH3 is 1. The monoisotopic (exact) mass is 392 g/mol. The number of carbonyl (C=O) groups excluding carboxylic acids is 1. The van der Waals surface area contributed by atoms with E-state index in [0.29, 0.717) is 16.3 Å². The molecule has 2 aromatic carbocycles. The van der Waals surface area contributed by atoms with Crippen molar-refractivity contribution in [1.82, 2.24) is 10.9 Å². The van der Waals surface area contributed by atoms with Gasteiger partial charge in [0.1, 0.15) is 5.75 Å². The van der Waals surface area contributed by atoms with Crippen LogP contribution in [-0.2, 0) is 4.79 Å². The Morgan fingerprint density at radius 2 is 1.88 bits per heavy atom. The second-order valence-corrected chi connectivity index (χ2v) is 6.27. The predicted molar refractivity (Wildman–Crippen MR) is 104 cm³/mol. The molecule has 3 N–H and O–H groups in total. The first-order chi connectivity index (χ1) is 12.5. The molecule has 1 amide bonds. The minimum absolute atomic E-state index is 0.00484. The number of thiocarbonyl (C=S) groups is 1. The average Bonchev–Trinajstić information content (AvgIpc) is 2.65. The van der Waals surface area contributed by atoms with Gasteiger partial charge in [-0.3, -0.25) is 25.8 Å². The molecule has 0 heterocycles. The summed E-state index contributed by atoms with van der Waals surface area (Å²) in [5, 5.41) is 14.0. The van der Waals surface area contributed by atoms with Crippen molar-refractivity contribution in [1.29, 1.82) is 0 Å². The van der Waals surface area contributed by atoms with Crippen molar-refractivity contribution in [2.24, 2.45) is 0 Å². The third kappa shape index (κ3) is 5.60. The Morgan fingerprint density at radius 3 is 2.62 bits per heavy atom. The molecule has 0 aliphatic carbocycles. The normalized spacial score (nSPS) is 9.88. The van der Waals surface area contributed by atoms with Crippen molar-refractivity contribution in [2.45, 2.75) is 4.90 Å². The highest BCUT2D eigenvalue weighted by Gasteiger charge is 2.14. The highest BCUT2D eigenvalue weighted by molar-refractivity contribution is 8.00. The highest BCUT2D eigenvalue weighted by Crippen LogP contribution is 2.28. The fourth-order valence-electron chi connectivity index (χ4n) is 1.94. The maximum absolute atomic E-state index is 11.9. The number of hydrogen-bond donors (Lipinski definition) is 3. The Morgan fingerprint density at radius 1 is 1.19 bits per heavy atom. The number of para-hydroxylation sites is 3. The number of anilines is 1. The van der Waals surface area contributed by atoms with Gasteiger partial charge in [0.2, 0.25) is 5.91 Å². The van der Waals surface area contributed by atoms with Gasteiger partial charge in [-0.05, 0) is 30.4 Å². The van der Waals surface area contributed by atoms with Crippen molar-refractivity contribution < 1.29 is 14.5 Å². The lowest BCUT2D eigenvalue weighted by atomic mass is 10.3. The molecule has 0 atom stereocenters. The summed E-state index contributed by atoms with van der Waals surface area (Å²) in [5.74, 6) is 0.224. The van der Waals surface area contributed by atoms with Crippen LogP contribution in [0, 0.1) is 10.1 Å². The molecule has 0 aromatic heterocycles. The van der Waals surface area contributed by atoms with Crippen LogP contribution in [0.1, 0.15) is 0 Å². The summed E-state index contributed by atoms with van der Waals surface area (Å²) in [4.78, 5) is 22.8. The number of nitro benzene ring substituents is 1. The largest absolute Gasteiger partial charge is 0.495 e. The van der Waals surface area contributed by atoms with Crippen LogP contribution in [0.2, 0.25) is 0 Å². The van der Waals surface area contributed by atoms with Gasteiger partial charge in [0.05, 0.1) is 28.4 Å². The van der Waals surface area contributed by atoms with E-state index in [1.165, 1.54) is 6.07 Å². The zero-order valence-electron chi connectivity index (χ0n) is 13.7. The third-order valence-electron chi connectivity index (χ3n) is 3.09. The van der Waals surface area contributed by atoms with Gasteiger partial charge in [-0.1, -0.05) is 24.3 Å². The Kier molecular flexibility index (Phi) is 7.18. The first-order valence-electron chi connectivity index (χ1n) is 7.36. The van der Waals surface area contributed by atoms with Gasteiger partial charge >= 0.3 is 0 Å². The lowest BCUT2D eigenvalue weighted by Gasteiger charge is -2.13. The first-order valence-corrected chi connectivity index (χ1v) is 8.75. The number of thioether (sulfide) groups is 1. The summed E-state index contributed by atoms with van der Waals surface area (Å²) in [6, 6.07) is 13.4. The van der Waals surface area contributed by atoms with Gasteiger partial charge in [0.25, 0.3) is 5.69 Å². The van der Waals surface area contributed by atoms with E-state index >= 15 is 0 Å². The molecule has 0 saturated carbocycles. The summed E-state index contributed by atoms with van der Waals surface area (Å²) >= 11 is 6.17. The van der Waals surface area contributed by atoms with E-state index in [-0.39, 0.29) is 22.5 Å². The smallest absolute Gasteiger partial charge is 0.282 e. The Balaban J connectivity index is 1.82. The molecule has 0 fully saturated rings. The first kappa shape index (κ1) is 19.5. The number of hydrazine groups is 1. The van der Waals surface area contributed by atoms with Crippen LogP contribution in [0.4, 0.5) is 11.4 Å². The summed E-state index contributed by atoms with van der Waals surface area (Å²) < 4.78 is 5.19. The maximum atomic E-state index is 11.9. The number of rotatable bonds is 6. The topological polar surface area (TPSA) is 106 Å². The summed E-state index contributed by atoms with van der Waals surface area (Å²) in [7, 11) is 1.54. The molecule has 8 nitrogen and oxygen atoms in total. The molecular formula is C16H16N4O4S2. The van der Waals surface area contributed by atoms with E-state index in [4.69, 9.17) is 17.0 Å². The molecule has 0 spiro atoms. The summed E-state index contributed by atoms with van der Waals surface area (Å²) in [6.45, 7) is 0. The van der Waals surface area contributed by atoms with E-state index in [1.807, 2.05) is 12.1 Å². The minimum Gasteiger partial charge on any atom is -0.495 e. The van der Waals surface area contributed by atoms with E-state index in [1.54, 1.807) is 37.4 Å². The van der Waals surface area contributed by atoms with Crippen molar-refractivity contribution in [3.05, 3.63) is 58.6 Å². The van der Waals surface area contributed by atoms with Gasteiger partial charge in [0.15, 0.2) is 5.11 Å². The number of nitrogens with one attached hydrogen (secondary N) is 3. The van der Waals surface area contributed by atoms with Gasteiger partial charge in [-0.25, -0.2) is 0 Å². The second kappa shape index (κ2) is 9.59. The third-order valence-corrected chi connectivity index (χ3v) is 4.36. The molecule has 0 aliphatic rings. The molecule has 26 heavy (non-hydrogen) atoms. The molecule has 0 bridgehead atoms. The molecule has 136 valence electrons. The number of nitrogens with zero attached hydrogens (tertiary/aromatic N) is 1. The van der Waals surface area contributed by atoms with Crippen LogP contribution < -0.4 is 20.9 Å². The number of benzene rings is 2.